The van der Waals surface area contributed by atoms with Crippen LogP contribution in [0, 0.1) is 5.82 Å². The highest BCUT2D eigenvalue weighted by Gasteiger charge is 2.20. The molecule has 4 nitrogen and oxygen atoms in total. The summed E-state index contributed by atoms with van der Waals surface area (Å²) in [6.07, 6.45) is 2.37. The van der Waals surface area contributed by atoms with Crippen molar-refractivity contribution in [3.05, 3.63) is 35.1 Å². The van der Waals surface area contributed by atoms with Crippen LogP contribution >= 0.6 is 0 Å². The Kier molecular flexibility index (Phi) is 5.70. The molecule has 1 aliphatic heterocycles. The monoisotopic (exact) mass is 295 g/mol. The average Bonchev–Trinajstić information content (AvgIpc) is 2.49. The van der Waals surface area contributed by atoms with Gasteiger partial charge in [0.25, 0.3) is 0 Å². The fourth-order valence-corrected chi connectivity index (χ4v) is 2.66. The minimum absolute atomic E-state index is 0.0173. The fraction of sp³-hybridized carbons (Fsp3) is 0.562. The summed E-state index contributed by atoms with van der Waals surface area (Å²) in [6.45, 7) is 5.36. The van der Waals surface area contributed by atoms with Crippen molar-refractivity contribution in [2.24, 2.45) is 0 Å². The Morgan fingerprint density at radius 2 is 2.10 bits per heavy atom. The number of ether oxygens (including phenoxy) is 2. The summed E-state index contributed by atoms with van der Waals surface area (Å²) in [5.41, 5.74) is 0.853. The van der Waals surface area contributed by atoms with Crippen LogP contribution in [-0.4, -0.2) is 43.8 Å². The third-order valence-corrected chi connectivity index (χ3v) is 3.78. The minimum Gasteiger partial charge on any atom is -0.465 e. The van der Waals surface area contributed by atoms with E-state index in [2.05, 4.69) is 9.64 Å². The Morgan fingerprint density at radius 1 is 1.38 bits per heavy atom. The number of hydrogen-bond acceptors (Lipinski definition) is 4. The van der Waals surface area contributed by atoms with Crippen LogP contribution in [0.4, 0.5) is 4.39 Å². The molecular formula is C16H22FNO3. The van der Waals surface area contributed by atoms with Crippen LogP contribution in [-0.2, 0) is 16.0 Å². The zero-order valence-corrected chi connectivity index (χ0v) is 12.6. The number of nitrogens with zero attached hydrogens (tertiary/aromatic N) is 1. The summed E-state index contributed by atoms with van der Waals surface area (Å²) < 4.78 is 24.0. The Morgan fingerprint density at radius 3 is 2.67 bits per heavy atom. The van der Waals surface area contributed by atoms with Crippen molar-refractivity contribution in [1.29, 1.82) is 0 Å². The fourth-order valence-electron chi connectivity index (χ4n) is 2.66. The first kappa shape index (κ1) is 15.9. The van der Waals surface area contributed by atoms with Crippen LogP contribution < -0.4 is 0 Å². The van der Waals surface area contributed by atoms with Gasteiger partial charge in [0.2, 0.25) is 0 Å². The second kappa shape index (κ2) is 7.52. The van der Waals surface area contributed by atoms with E-state index in [4.69, 9.17) is 4.74 Å². The predicted molar refractivity (Wildman–Crippen MR) is 77.7 cm³/mol. The number of piperidine rings is 1. The summed E-state index contributed by atoms with van der Waals surface area (Å²) in [6, 6.07) is 4.69. The molecule has 1 aliphatic rings. The molecule has 1 aromatic carbocycles. The van der Waals surface area contributed by atoms with Crippen molar-refractivity contribution >= 4 is 5.97 Å². The largest absolute Gasteiger partial charge is 0.465 e. The van der Waals surface area contributed by atoms with Crippen molar-refractivity contribution in [2.45, 2.75) is 32.4 Å². The lowest BCUT2D eigenvalue weighted by atomic mass is 10.1. The molecule has 0 unspecified atom stereocenters. The van der Waals surface area contributed by atoms with Gasteiger partial charge in [0.1, 0.15) is 5.82 Å². The molecule has 0 saturated carbocycles. The SMILES string of the molecule is CCOC1CCN(Cc2ccc(C(=O)OC)c(F)c2)CC1. The third-order valence-electron chi connectivity index (χ3n) is 3.78. The molecule has 1 aromatic rings. The lowest BCUT2D eigenvalue weighted by Crippen LogP contribution is -2.36. The molecule has 116 valence electrons. The van der Waals surface area contributed by atoms with Crippen molar-refractivity contribution in [1.82, 2.24) is 4.90 Å². The molecule has 1 saturated heterocycles. The van der Waals surface area contributed by atoms with Gasteiger partial charge in [-0.05, 0) is 37.5 Å². The van der Waals surface area contributed by atoms with Crippen LogP contribution in [0.1, 0.15) is 35.7 Å². The van der Waals surface area contributed by atoms with E-state index in [9.17, 15) is 9.18 Å². The maximum atomic E-state index is 13.9. The van der Waals surface area contributed by atoms with Gasteiger partial charge in [0.15, 0.2) is 0 Å². The van der Waals surface area contributed by atoms with Crippen LogP contribution in [0.5, 0.6) is 0 Å². The van der Waals surface area contributed by atoms with Gasteiger partial charge in [-0.15, -0.1) is 0 Å². The number of esters is 1. The second-order valence-electron chi connectivity index (χ2n) is 5.24. The van der Waals surface area contributed by atoms with Crippen molar-refractivity contribution in [3.8, 4) is 0 Å². The number of methoxy groups -OCH3 is 1. The molecule has 0 aromatic heterocycles. The molecule has 0 amide bonds. The highest BCUT2D eigenvalue weighted by molar-refractivity contribution is 5.89. The standard InChI is InChI=1S/C16H22FNO3/c1-3-21-13-6-8-18(9-7-13)11-12-4-5-14(15(17)10-12)16(19)20-2/h4-5,10,13H,3,6-9,11H2,1-2H3. The smallest absolute Gasteiger partial charge is 0.340 e. The summed E-state index contributed by atoms with van der Waals surface area (Å²) in [7, 11) is 1.25. The molecule has 0 bridgehead atoms. The number of hydrogen-bond donors (Lipinski definition) is 0. The van der Waals surface area contributed by atoms with E-state index in [0.717, 1.165) is 38.1 Å². The van der Waals surface area contributed by atoms with Gasteiger partial charge >= 0.3 is 5.97 Å². The van der Waals surface area contributed by atoms with Crippen LogP contribution in [0.2, 0.25) is 0 Å². The van der Waals surface area contributed by atoms with Crippen LogP contribution in [0.25, 0.3) is 0 Å². The van der Waals surface area contributed by atoms with Gasteiger partial charge in [-0.1, -0.05) is 6.07 Å². The van der Waals surface area contributed by atoms with Gasteiger partial charge in [0.05, 0.1) is 18.8 Å². The molecule has 0 aliphatic carbocycles. The molecule has 0 N–H and O–H groups in total. The van der Waals surface area contributed by atoms with Gasteiger partial charge in [-0.3, -0.25) is 4.90 Å². The predicted octanol–water partition coefficient (Wildman–Crippen LogP) is 2.61. The van der Waals surface area contributed by atoms with Crippen molar-refractivity contribution < 1.29 is 18.7 Å². The molecule has 0 radical (unpaired) electrons. The molecule has 1 fully saturated rings. The minimum atomic E-state index is -0.642. The van der Waals surface area contributed by atoms with E-state index >= 15 is 0 Å². The zero-order chi connectivity index (χ0) is 15.2. The van der Waals surface area contributed by atoms with E-state index in [1.54, 1.807) is 6.07 Å². The van der Waals surface area contributed by atoms with Gasteiger partial charge in [-0.25, -0.2) is 9.18 Å². The van der Waals surface area contributed by atoms with Gasteiger partial charge < -0.3 is 9.47 Å². The topological polar surface area (TPSA) is 38.8 Å². The van der Waals surface area contributed by atoms with Gasteiger partial charge in [0, 0.05) is 26.2 Å². The Bertz CT molecular complexity index is 484. The quantitative estimate of drug-likeness (QED) is 0.783. The Balaban J connectivity index is 1.92. The number of carbonyl (C=O) groups excluding carboxylic acids is 1. The first-order valence-corrected chi connectivity index (χ1v) is 7.34. The summed E-state index contributed by atoms with van der Waals surface area (Å²) in [5.74, 6) is -1.17. The molecule has 1 heterocycles. The molecule has 5 heteroatoms. The average molecular weight is 295 g/mol. The number of rotatable bonds is 5. The van der Waals surface area contributed by atoms with Crippen LogP contribution in [0.3, 0.4) is 0 Å². The number of benzene rings is 1. The normalized spacial score (nSPS) is 16.9. The number of likely N-dealkylation sites (tertiary alicyclic amines) is 1. The summed E-state index contributed by atoms with van der Waals surface area (Å²) >= 11 is 0. The Hall–Kier alpha value is -1.46. The van der Waals surface area contributed by atoms with E-state index in [1.165, 1.54) is 19.2 Å². The second-order valence-corrected chi connectivity index (χ2v) is 5.24. The summed E-state index contributed by atoms with van der Waals surface area (Å²) in [4.78, 5) is 13.6. The van der Waals surface area contributed by atoms with Crippen molar-refractivity contribution in [2.75, 3.05) is 26.8 Å². The maximum absolute atomic E-state index is 13.9. The van der Waals surface area contributed by atoms with Crippen LogP contribution in [0.15, 0.2) is 18.2 Å². The molecule has 21 heavy (non-hydrogen) atoms. The molecule has 2 rings (SSSR count). The lowest BCUT2D eigenvalue weighted by Gasteiger charge is -2.31. The number of halogens is 1. The number of carbonyl (C=O) groups is 1. The molecule has 0 atom stereocenters. The summed E-state index contributed by atoms with van der Waals surface area (Å²) in [5, 5.41) is 0. The first-order chi connectivity index (χ1) is 10.1. The van der Waals surface area contributed by atoms with Crippen molar-refractivity contribution in [3.63, 3.8) is 0 Å². The van der Waals surface area contributed by atoms with E-state index in [0.29, 0.717) is 12.6 Å². The van der Waals surface area contributed by atoms with Gasteiger partial charge in [-0.2, -0.15) is 0 Å². The Labute approximate surface area is 124 Å². The van der Waals surface area contributed by atoms with E-state index < -0.39 is 11.8 Å². The highest BCUT2D eigenvalue weighted by Crippen LogP contribution is 2.18. The lowest BCUT2D eigenvalue weighted by molar-refractivity contribution is 0.0125. The maximum Gasteiger partial charge on any atom is 0.340 e. The third kappa shape index (κ3) is 4.25. The van der Waals surface area contributed by atoms with E-state index in [-0.39, 0.29) is 5.56 Å². The first-order valence-electron chi connectivity index (χ1n) is 7.34. The van der Waals surface area contributed by atoms with E-state index in [1.807, 2.05) is 6.92 Å². The molecular weight excluding hydrogens is 273 g/mol. The highest BCUT2D eigenvalue weighted by atomic mass is 19.1. The molecule has 0 spiro atoms. The zero-order valence-electron chi connectivity index (χ0n) is 12.6.